The van der Waals surface area contributed by atoms with E-state index in [4.69, 9.17) is 21.0 Å². The minimum Gasteiger partial charge on any atom is -0.469 e. The van der Waals surface area contributed by atoms with Crippen LogP contribution in [0.4, 0.5) is 0 Å². The molecule has 0 spiro atoms. The quantitative estimate of drug-likeness (QED) is 0.486. The number of terminal acetylenes is 1. The van der Waals surface area contributed by atoms with Gasteiger partial charge in [0.15, 0.2) is 6.79 Å². The fourth-order valence-corrected chi connectivity index (χ4v) is 5.02. The molecule has 1 aliphatic rings. The van der Waals surface area contributed by atoms with Gasteiger partial charge >= 0.3 is 0 Å². The van der Waals surface area contributed by atoms with Crippen molar-refractivity contribution in [2.24, 2.45) is 0 Å². The Hall–Kier alpha value is -3.24. The number of thiophene rings is 2. The smallest absolute Gasteiger partial charge is 0.189 e. The van der Waals surface area contributed by atoms with E-state index in [-0.39, 0.29) is 6.79 Å². The fraction of sp³-hybridized carbons (Fsp3) is 0.200. The molecule has 8 heteroatoms. The number of ether oxygens (including phenoxy) is 2. The van der Waals surface area contributed by atoms with Gasteiger partial charge in [-0.05, 0) is 35.2 Å². The SMILES string of the molecule is C#C/C(=C\C=C1/COCO1)c1csc(-c2csc(CNCc3cccnc3)c2)c1C#N.CO. The maximum Gasteiger partial charge on any atom is 0.189 e. The number of aliphatic hydroxyl groups is 1. The van der Waals surface area contributed by atoms with Gasteiger partial charge in [-0.3, -0.25) is 4.98 Å². The van der Waals surface area contributed by atoms with Gasteiger partial charge in [-0.1, -0.05) is 12.0 Å². The highest BCUT2D eigenvalue weighted by Gasteiger charge is 2.17. The predicted molar refractivity (Wildman–Crippen MR) is 132 cm³/mol. The van der Waals surface area contributed by atoms with Crippen molar-refractivity contribution in [2.45, 2.75) is 13.1 Å². The van der Waals surface area contributed by atoms with E-state index >= 15 is 0 Å². The summed E-state index contributed by atoms with van der Waals surface area (Å²) in [5.74, 6) is 3.42. The van der Waals surface area contributed by atoms with Crippen molar-refractivity contribution >= 4 is 28.2 Å². The molecule has 3 aromatic rings. The van der Waals surface area contributed by atoms with Crippen LogP contribution < -0.4 is 5.32 Å². The second kappa shape index (κ2) is 12.7. The first-order valence-corrected chi connectivity index (χ1v) is 11.8. The van der Waals surface area contributed by atoms with E-state index < -0.39 is 0 Å². The molecule has 0 unspecified atom stereocenters. The third-order valence-corrected chi connectivity index (χ3v) is 6.59. The van der Waals surface area contributed by atoms with E-state index in [2.05, 4.69) is 33.7 Å². The van der Waals surface area contributed by atoms with Crippen molar-refractivity contribution < 1.29 is 14.6 Å². The number of hydrogen-bond donors (Lipinski definition) is 2. The Morgan fingerprint density at radius 3 is 2.91 bits per heavy atom. The molecule has 33 heavy (non-hydrogen) atoms. The lowest BCUT2D eigenvalue weighted by Gasteiger charge is -2.02. The van der Waals surface area contributed by atoms with Gasteiger partial charge in [0.1, 0.15) is 18.4 Å². The molecule has 0 aliphatic carbocycles. The highest BCUT2D eigenvalue weighted by molar-refractivity contribution is 7.15. The monoisotopic (exact) mass is 477 g/mol. The molecule has 0 aromatic carbocycles. The Labute approximate surface area is 201 Å². The van der Waals surface area contributed by atoms with Crippen molar-refractivity contribution in [2.75, 3.05) is 20.5 Å². The molecule has 168 valence electrons. The first-order valence-electron chi connectivity index (χ1n) is 10.0. The van der Waals surface area contributed by atoms with Crippen LogP contribution in [0.15, 0.2) is 59.3 Å². The van der Waals surface area contributed by atoms with E-state index in [1.165, 1.54) is 16.2 Å². The normalized spacial score (nSPS) is 14.2. The molecule has 1 fully saturated rings. The number of rotatable bonds is 7. The van der Waals surface area contributed by atoms with Gasteiger partial charge in [0.05, 0.1) is 10.4 Å². The molecule has 6 nitrogen and oxygen atoms in total. The zero-order chi connectivity index (χ0) is 23.5. The summed E-state index contributed by atoms with van der Waals surface area (Å²) in [5, 5.41) is 24.3. The molecule has 0 radical (unpaired) electrons. The molecule has 2 N–H and O–H groups in total. The summed E-state index contributed by atoms with van der Waals surface area (Å²) in [6.45, 7) is 2.20. The third kappa shape index (κ3) is 6.39. The third-order valence-electron chi connectivity index (χ3n) is 4.62. The molecule has 4 heterocycles. The zero-order valence-corrected chi connectivity index (χ0v) is 19.7. The first kappa shape index (κ1) is 24.4. The average molecular weight is 478 g/mol. The summed E-state index contributed by atoms with van der Waals surface area (Å²) in [6.07, 6.45) is 13.0. The van der Waals surface area contributed by atoms with Crippen LogP contribution in [0.5, 0.6) is 0 Å². The Balaban J connectivity index is 0.00000149. The molecular weight excluding hydrogens is 454 g/mol. The van der Waals surface area contributed by atoms with E-state index in [0.29, 0.717) is 17.7 Å². The van der Waals surface area contributed by atoms with Gasteiger partial charge in [0.25, 0.3) is 0 Å². The fourth-order valence-electron chi connectivity index (χ4n) is 3.09. The molecular formula is C25H23N3O3S2. The Kier molecular flexibility index (Phi) is 9.40. The lowest BCUT2D eigenvalue weighted by molar-refractivity contribution is 0.0800. The summed E-state index contributed by atoms with van der Waals surface area (Å²) in [7, 11) is 1.00. The number of aromatic nitrogens is 1. The molecule has 3 aromatic heterocycles. The van der Waals surface area contributed by atoms with Gasteiger partial charge in [-0.15, -0.1) is 29.1 Å². The van der Waals surface area contributed by atoms with Crippen molar-refractivity contribution in [3.05, 3.63) is 80.8 Å². The standard InChI is InChI=1S/C24H19N3O2S2.CH4O/c1-2-18(5-6-20-13-28-16-29-20)23-15-31-24(22(23)9-25)19-8-21(30-14-19)12-27-11-17-4-3-7-26-10-17;1-2/h1,3-8,10,14-15,27H,11-13,16H2;2H,1H3/b18-5+,20-6+;. The van der Waals surface area contributed by atoms with Crippen LogP contribution in [0.25, 0.3) is 16.0 Å². The maximum absolute atomic E-state index is 9.83. The van der Waals surface area contributed by atoms with Crippen LogP contribution in [0.3, 0.4) is 0 Å². The number of nitriles is 1. The van der Waals surface area contributed by atoms with E-state index in [9.17, 15) is 5.26 Å². The number of nitrogens with zero attached hydrogens (tertiary/aromatic N) is 2. The van der Waals surface area contributed by atoms with Gasteiger partial charge in [0.2, 0.25) is 0 Å². The molecule has 0 bridgehead atoms. The van der Waals surface area contributed by atoms with Crippen LogP contribution >= 0.6 is 22.7 Å². The Morgan fingerprint density at radius 1 is 1.33 bits per heavy atom. The summed E-state index contributed by atoms with van der Waals surface area (Å²) in [6, 6.07) is 8.44. The van der Waals surface area contributed by atoms with Gasteiger partial charge in [0, 0.05) is 59.6 Å². The predicted octanol–water partition coefficient (Wildman–Crippen LogP) is 4.55. The van der Waals surface area contributed by atoms with E-state index in [0.717, 1.165) is 47.5 Å². The van der Waals surface area contributed by atoms with Crippen LogP contribution in [0.1, 0.15) is 21.6 Å². The van der Waals surface area contributed by atoms with Gasteiger partial charge in [-0.25, -0.2) is 0 Å². The van der Waals surface area contributed by atoms with E-state index in [1.807, 2.05) is 23.7 Å². The lowest BCUT2D eigenvalue weighted by Crippen LogP contribution is -2.11. The largest absolute Gasteiger partial charge is 0.469 e. The first-order chi connectivity index (χ1) is 16.3. The second-order valence-corrected chi connectivity index (χ2v) is 8.58. The van der Waals surface area contributed by atoms with Crippen LogP contribution in [0.2, 0.25) is 0 Å². The van der Waals surface area contributed by atoms with Crippen molar-refractivity contribution in [1.29, 1.82) is 5.26 Å². The molecule has 0 amide bonds. The second-order valence-electron chi connectivity index (χ2n) is 6.70. The van der Waals surface area contributed by atoms with Crippen molar-refractivity contribution in [3.8, 4) is 28.9 Å². The molecule has 4 rings (SSSR count). The number of pyridine rings is 1. The molecule has 1 saturated heterocycles. The number of hydrogen-bond acceptors (Lipinski definition) is 8. The van der Waals surface area contributed by atoms with Crippen LogP contribution in [0, 0.1) is 23.7 Å². The minimum atomic E-state index is 0.259. The summed E-state index contributed by atoms with van der Waals surface area (Å²) in [5.41, 5.74) is 4.20. The minimum absolute atomic E-state index is 0.259. The Bertz CT molecular complexity index is 1190. The highest BCUT2D eigenvalue weighted by atomic mass is 32.1. The number of nitrogens with one attached hydrogen (secondary N) is 1. The maximum atomic E-state index is 9.83. The molecule has 0 atom stereocenters. The van der Waals surface area contributed by atoms with Crippen LogP contribution in [-0.2, 0) is 22.6 Å². The summed E-state index contributed by atoms with van der Waals surface area (Å²) in [4.78, 5) is 6.26. The van der Waals surface area contributed by atoms with Crippen LogP contribution in [-0.4, -0.2) is 30.6 Å². The highest BCUT2D eigenvalue weighted by Crippen LogP contribution is 2.37. The summed E-state index contributed by atoms with van der Waals surface area (Å²) < 4.78 is 10.5. The number of aliphatic hydroxyl groups excluding tert-OH is 1. The average Bonchev–Trinajstić information content (AvgIpc) is 3.63. The topological polar surface area (TPSA) is 87.4 Å². The van der Waals surface area contributed by atoms with Gasteiger partial charge < -0.3 is 19.9 Å². The van der Waals surface area contributed by atoms with Crippen molar-refractivity contribution in [1.82, 2.24) is 10.3 Å². The lowest BCUT2D eigenvalue weighted by atomic mass is 10.0. The van der Waals surface area contributed by atoms with Gasteiger partial charge in [-0.2, -0.15) is 5.26 Å². The molecule has 0 saturated carbocycles. The van der Waals surface area contributed by atoms with Crippen molar-refractivity contribution in [3.63, 3.8) is 0 Å². The Morgan fingerprint density at radius 2 is 2.21 bits per heavy atom. The van der Waals surface area contributed by atoms with E-state index in [1.54, 1.807) is 29.7 Å². The number of allylic oxidation sites excluding steroid dienone is 3. The zero-order valence-electron chi connectivity index (χ0n) is 18.1. The summed E-state index contributed by atoms with van der Waals surface area (Å²) >= 11 is 3.21. The molecule has 1 aliphatic heterocycles.